The van der Waals surface area contributed by atoms with Gasteiger partial charge in [0, 0.05) is 25.5 Å². The third-order valence-electron chi connectivity index (χ3n) is 2.97. The molecule has 0 aromatic heterocycles. The minimum Gasteiger partial charge on any atom is -0.399 e. The Morgan fingerprint density at radius 2 is 1.86 bits per heavy atom. The van der Waals surface area contributed by atoms with E-state index in [2.05, 4.69) is 11.4 Å². The monoisotopic (exact) mass is 280 g/mol. The molecule has 0 spiro atoms. The molecule has 5 nitrogen and oxygen atoms in total. The SMILES string of the molecule is CN(C)C(=O)c1ccc(N)cc1Nc1ccc(C#N)cc1. The Kier molecular flexibility index (Phi) is 4.10. The highest BCUT2D eigenvalue weighted by Crippen LogP contribution is 2.24. The average molecular weight is 280 g/mol. The average Bonchev–Trinajstić information content (AvgIpc) is 2.47. The zero-order valence-electron chi connectivity index (χ0n) is 11.9. The smallest absolute Gasteiger partial charge is 0.255 e. The van der Waals surface area contributed by atoms with Gasteiger partial charge >= 0.3 is 0 Å². The summed E-state index contributed by atoms with van der Waals surface area (Å²) < 4.78 is 0. The minimum absolute atomic E-state index is 0.105. The highest BCUT2D eigenvalue weighted by atomic mass is 16.2. The molecule has 0 saturated carbocycles. The molecule has 2 rings (SSSR count). The molecule has 21 heavy (non-hydrogen) atoms. The topological polar surface area (TPSA) is 82.2 Å². The number of nitrogens with two attached hydrogens (primary N) is 1. The fraction of sp³-hybridized carbons (Fsp3) is 0.125. The van der Waals surface area contributed by atoms with Crippen LogP contribution in [0.15, 0.2) is 42.5 Å². The summed E-state index contributed by atoms with van der Waals surface area (Å²) in [7, 11) is 3.40. The van der Waals surface area contributed by atoms with E-state index in [0.29, 0.717) is 22.5 Å². The fourth-order valence-corrected chi connectivity index (χ4v) is 1.88. The van der Waals surface area contributed by atoms with Crippen LogP contribution in [0.5, 0.6) is 0 Å². The molecule has 0 saturated heterocycles. The second kappa shape index (κ2) is 5.97. The standard InChI is InChI=1S/C16H16N4O/c1-20(2)16(21)14-8-5-12(18)9-15(14)19-13-6-3-11(10-17)4-7-13/h3-9,19H,18H2,1-2H3. The van der Waals surface area contributed by atoms with Crippen LogP contribution in [-0.4, -0.2) is 24.9 Å². The van der Waals surface area contributed by atoms with E-state index in [9.17, 15) is 4.79 Å². The van der Waals surface area contributed by atoms with Gasteiger partial charge in [-0.3, -0.25) is 4.79 Å². The van der Waals surface area contributed by atoms with E-state index in [1.165, 1.54) is 4.90 Å². The zero-order chi connectivity index (χ0) is 15.4. The Morgan fingerprint density at radius 1 is 1.19 bits per heavy atom. The summed E-state index contributed by atoms with van der Waals surface area (Å²) in [6.07, 6.45) is 0. The van der Waals surface area contributed by atoms with E-state index in [-0.39, 0.29) is 5.91 Å². The molecule has 0 unspecified atom stereocenters. The summed E-state index contributed by atoms with van der Waals surface area (Å²) in [5, 5.41) is 12.0. The summed E-state index contributed by atoms with van der Waals surface area (Å²) in [6.45, 7) is 0. The Balaban J connectivity index is 2.36. The molecule has 0 aliphatic carbocycles. The Morgan fingerprint density at radius 3 is 2.43 bits per heavy atom. The zero-order valence-corrected chi connectivity index (χ0v) is 11.9. The minimum atomic E-state index is -0.105. The fourth-order valence-electron chi connectivity index (χ4n) is 1.88. The molecule has 0 aliphatic rings. The number of amides is 1. The number of carbonyl (C=O) groups excluding carboxylic acids is 1. The van der Waals surface area contributed by atoms with Crippen LogP contribution < -0.4 is 11.1 Å². The molecule has 106 valence electrons. The van der Waals surface area contributed by atoms with Gasteiger partial charge in [0.15, 0.2) is 0 Å². The first-order valence-corrected chi connectivity index (χ1v) is 6.39. The van der Waals surface area contributed by atoms with Crippen LogP contribution in [0, 0.1) is 11.3 Å². The van der Waals surface area contributed by atoms with Crippen molar-refractivity contribution in [1.29, 1.82) is 5.26 Å². The van der Waals surface area contributed by atoms with Gasteiger partial charge in [0.2, 0.25) is 0 Å². The number of nitriles is 1. The van der Waals surface area contributed by atoms with E-state index < -0.39 is 0 Å². The van der Waals surface area contributed by atoms with Gasteiger partial charge in [-0.25, -0.2) is 0 Å². The lowest BCUT2D eigenvalue weighted by molar-refractivity contribution is 0.0828. The molecular weight excluding hydrogens is 264 g/mol. The van der Waals surface area contributed by atoms with Gasteiger partial charge in [-0.1, -0.05) is 0 Å². The number of nitrogens with zero attached hydrogens (tertiary/aromatic N) is 2. The normalized spacial score (nSPS) is 9.76. The lowest BCUT2D eigenvalue weighted by Crippen LogP contribution is -2.22. The van der Waals surface area contributed by atoms with Gasteiger partial charge in [-0.05, 0) is 42.5 Å². The van der Waals surface area contributed by atoms with Gasteiger partial charge in [0.05, 0.1) is 22.9 Å². The Bertz CT molecular complexity index is 699. The van der Waals surface area contributed by atoms with Crippen molar-refractivity contribution >= 4 is 23.0 Å². The molecular formula is C16H16N4O. The van der Waals surface area contributed by atoms with Crippen LogP contribution in [0.25, 0.3) is 0 Å². The van der Waals surface area contributed by atoms with Gasteiger partial charge < -0.3 is 16.0 Å². The Labute approximate surface area is 123 Å². The summed E-state index contributed by atoms with van der Waals surface area (Å²) in [4.78, 5) is 13.7. The van der Waals surface area contributed by atoms with Crippen molar-refractivity contribution in [1.82, 2.24) is 4.90 Å². The van der Waals surface area contributed by atoms with Gasteiger partial charge in [-0.2, -0.15) is 5.26 Å². The second-order valence-electron chi connectivity index (χ2n) is 4.82. The van der Waals surface area contributed by atoms with Crippen LogP contribution >= 0.6 is 0 Å². The van der Waals surface area contributed by atoms with Crippen molar-refractivity contribution < 1.29 is 4.79 Å². The third kappa shape index (κ3) is 3.31. The largest absolute Gasteiger partial charge is 0.399 e. The summed E-state index contributed by atoms with van der Waals surface area (Å²) >= 11 is 0. The van der Waals surface area contributed by atoms with E-state index in [1.54, 1.807) is 56.6 Å². The lowest BCUT2D eigenvalue weighted by Gasteiger charge is -2.16. The van der Waals surface area contributed by atoms with Crippen LogP contribution in [0.4, 0.5) is 17.1 Å². The first-order valence-electron chi connectivity index (χ1n) is 6.39. The third-order valence-corrected chi connectivity index (χ3v) is 2.97. The molecule has 0 atom stereocenters. The number of nitrogen functional groups attached to an aromatic ring is 1. The van der Waals surface area contributed by atoms with Crippen LogP contribution in [0.1, 0.15) is 15.9 Å². The molecule has 1 amide bonds. The molecule has 0 radical (unpaired) electrons. The maximum Gasteiger partial charge on any atom is 0.255 e. The quantitative estimate of drug-likeness (QED) is 0.847. The summed E-state index contributed by atoms with van der Waals surface area (Å²) in [6, 6.07) is 14.2. The number of benzene rings is 2. The molecule has 0 heterocycles. The van der Waals surface area contributed by atoms with Crippen molar-refractivity contribution in [3.05, 3.63) is 53.6 Å². The van der Waals surface area contributed by atoms with E-state index >= 15 is 0 Å². The van der Waals surface area contributed by atoms with Gasteiger partial charge in [0.25, 0.3) is 5.91 Å². The van der Waals surface area contributed by atoms with Crippen LogP contribution in [-0.2, 0) is 0 Å². The van der Waals surface area contributed by atoms with E-state index in [4.69, 9.17) is 11.0 Å². The number of hydrogen-bond donors (Lipinski definition) is 2. The van der Waals surface area contributed by atoms with Crippen molar-refractivity contribution in [2.24, 2.45) is 0 Å². The predicted octanol–water partition coefficient (Wildman–Crippen LogP) is 2.59. The first-order chi connectivity index (χ1) is 10.0. The van der Waals surface area contributed by atoms with Crippen molar-refractivity contribution in [3.8, 4) is 6.07 Å². The number of carbonyl (C=O) groups is 1. The predicted molar refractivity (Wildman–Crippen MR) is 83.3 cm³/mol. The van der Waals surface area contributed by atoms with E-state index in [1.807, 2.05) is 0 Å². The second-order valence-corrected chi connectivity index (χ2v) is 4.82. The molecule has 2 aromatic rings. The molecule has 3 N–H and O–H groups in total. The first kappa shape index (κ1) is 14.4. The lowest BCUT2D eigenvalue weighted by atomic mass is 10.1. The Hall–Kier alpha value is -3.00. The van der Waals surface area contributed by atoms with Crippen molar-refractivity contribution in [2.75, 3.05) is 25.1 Å². The summed E-state index contributed by atoms with van der Waals surface area (Å²) in [5.74, 6) is -0.105. The summed E-state index contributed by atoms with van der Waals surface area (Å²) in [5.41, 5.74) is 8.91. The maximum atomic E-state index is 12.2. The highest BCUT2D eigenvalue weighted by Gasteiger charge is 2.13. The number of nitrogens with one attached hydrogen (secondary N) is 1. The van der Waals surface area contributed by atoms with Crippen LogP contribution in [0.3, 0.4) is 0 Å². The number of hydrogen-bond acceptors (Lipinski definition) is 4. The molecule has 2 aromatic carbocycles. The number of anilines is 3. The van der Waals surface area contributed by atoms with Crippen molar-refractivity contribution in [3.63, 3.8) is 0 Å². The molecule has 0 fully saturated rings. The molecule has 0 aliphatic heterocycles. The molecule has 0 bridgehead atoms. The van der Waals surface area contributed by atoms with Crippen LogP contribution in [0.2, 0.25) is 0 Å². The van der Waals surface area contributed by atoms with E-state index in [0.717, 1.165) is 5.69 Å². The highest BCUT2D eigenvalue weighted by molar-refractivity contribution is 6.00. The van der Waals surface area contributed by atoms with Crippen molar-refractivity contribution in [2.45, 2.75) is 0 Å². The maximum absolute atomic E-state index is 12.2. The van der Waals surface area contributed by atoms with Gasteiger partial charge in [0.1, 0.15) is 0 Å². The number of rotatable bonds is 3. The molecule has 5 heteroatoms. The van der Waals surface area contributed by atoms with Gasteiger partial charge in [-0.15, -0.1) is 0 Å².